The monoisotopic (exact) mass is 378 g/mol. The SMILES string of the molecule is O=C(O)C1(CCCc2c(F)cnc3ccccc23)CCN(CCCl)CC1. The predicted molar refractivity (Wildman–Crippen MR) is 101 cm³/mol. The van der Waals surface area contributed by atoms with Crippen LogP contribution in [0.1, 0.15) is 31.2 Å². The van der Waals surface area contributed by atoms with Crippen molar-refractivity contribution in [3.8, 4) is 0 Å². The minimum absolute atomic E-state index is 0.315. The summed E-state index contributed by atoms with van der Waals surface area (Å²) in [6.07, 6.45) is 4.24. The van der Waals surface area contributed by atoms with E-state index in [0.717, 1.165) is 30.5 Å². The standard InChI is InChI=1S/C20H24ClFN2O2/c21-10-13-24-11-8-20(9-12-24,19(25)26)7-3-5-15-16-4-1-2-6-18(16)23-14-17(15)22/h1-2,4,6,14H,3,5,7-13H2,(H,25,26). The van der Waals surface area contributed by atoms with Crippen LogP contribution in [0.25, 0.3) is 10.9 Å². The first-order valence-electron chi connectivity index (χ1n) is 9.09. The molecule has 1 aromatic heterocycles. The lowest BCUT2D eigenvalue weighted by Gasteiger charge is -2.38. The minimum atomic E-state index is -0.733. The van der Waals surface area contributed by atoms with E-state index in [1.165, 1.54) is 6.20 Å². The quantitative estimate of drug-likeness (QED) is 0.737. The zero-order chi connectivity index (χ0) is 18.6. The molecule has 0 unspecified atom stereocenters. The molecule has 3 rings (SSSR count). The number of halogens is 2. The second kappa shape index (κ2) is 8.31. The topological polar surface area (TPSA) is 53.4 Å². The number of aryl methyl sites for hydroxylation is 1. The molecule has 1 aliphatic rings. The van der Waals surface area contributed by atoms with E-state index in [1.54, 1.807) is 0 Å². The Morgan fingerprint density at radius 3 is 2.73 bits per heavy atom. The Labute approximate surface area is 158 Å². The maximum absolute atomic E-state index is 14.3. The Kier molecular flexibility index (Phi) is 6.09. The summed E-state index contributed by atoms with van der Waals surface area (Å²) in [6.45, 7) is 2.31. The number of aromatic nitrogens is 1. The summed E-state index contributed by atoms with van der Waals surface area (Å²) < 4.78 is 14.3. The number of pyridine rings is 1. The number of alkyl halides is 1. The van der Waals surface area contributed by atoms with Gasteiger partial charge >= 0.3 is 5.97 Å². The van der Waals surface area contributed by atoms with E-state index in [2.05, 4.69) is 9.88 Å². The smallest absolute Gasteiger partial charge is 0.309 e. The lowest BCUT2D eigenvalue weighted by atomic mass is 9.74. The molecular weight excluding hydrogens is 355 g/mol. The van der Waals surface area contributed by atoms with Gasteiger partial charge in [-0.25, -0.2) is 4.39 Å². The van der Waals surface area contributed by atoms with Crippen molar-refractivity contribution in [2.24, 2.45) is 5.41 Å². The van der Waals surface area contributed by atoms with Crippen molar-refractivity contribution in [1.82, 2.24) is 9.88 Å². The number of carboxylic acids is 1. The van der Waals surface area contributed by atoms with Gasteiger partial charge in [-0.05, 0) is 56.8 Å². The normalized spacial score (nSPS) is 17.5. The molecule has 1 aliphatic heterocycles. The van der Waals surface area contributed by atoms with E-state index in [1.807, 2.05) is 24.3 Å². The summed E-state index contributed by atoms with van der Waals surface area (Å²) in [7, 11) is 0. The summed E-state index contributed by atoms with van der Waals surface area (Å²) in [5.41, 5.74) is 0.698. The molecule has 0 spiro atoms. The molecular formula is C20H24ClFN2O2. The zero-order valence-corrected chi connectivity index (χ0v) is 15.5. The van der Waals surface area contributed by atoms with Crippen molar-refractivity contribution < 1.29 is 14.3 Å². The molecule has 1 N–H and O–H groups in total. The summed E-state index contributed by atoms with van der Waals surface area (Å²) in [5, 5.41) is 10.6. The van der Waals surface area contributed by atoms with Gasteiger partial charge in [0.2, 0.25) is 0 Å². The first kappa shape index (κ1) is 19.1. The third-order valence-corrected chi connectivity index (χ3v) is 5.75. The molecule has 0 bridgehead atoms. The number of rotatable bonds is 7. The Balaban J connectivity index is 1.68. The Morgan fingerprint density at radius 1 is 1.31 bits per heavy atom. The molecule has 26 heavy (non-hydrogen) atoms. The highest BCUT2D eigenvalue weighted by Gasteiger charge is 2.40. The molecule has 0 amide bonds. The minimum Gasteiger partial charge on any atom is -0.481 e. The number of piperidine rings is 1. The highest BCUT2D eigenvalue weighted by molar-refractivity contribution is 6.18. The third kappa shape index (κ3) is 3.99. The van der Waals surface area contributed by atoms with Gasteiger partial charge < -0.3 is 10.0 Å². The van der Waals surface area contributed by atoms with Crippen LogP contribution in [0.15, 0.2) is 30.5 Å². The fraction of sp³-hybridized carbons (Fsp3) is 0.500. The van der Waals surface area contributed by atoms with E-state index in [0.29, 0.717) is 43.5 Å². The second-order valence-corrected chi connectivity index (χ2v) is 7.45. The van der Waals surface area contributed by atoms with Gasteiger partial charge in [0.05, 0.1) is 17.1 Å². The molecule has 1 saturated heterocycles. The summed E-state index contributed by atoms with van der Waals surface area (Å²) in [6, 6.07) is 7.49. The molecule has 0 atom stereocenters. The van der Waals surface area contributed by atoms with Crippen LogP contribution in [-0.4, -0.2) is 46.5 Å². The maximum Gasteiger partial charge on any atom is 0.309 e. The number of fused-ring (bicyclic) bond motifs is 1. The van der Waals surface area contributed by atoms with Gasteiger partial charge in [0, 0.05) is 17.8 Å². The number of hydrogen-bond donors (Lipinski definition) is 1. The number of aliphatic carboxylic acids is 1. The third-order valence-electron chi connectivity index (χ3n) is 5.58. The van der Waals surface area contributed by atoms with Crippen LogP contribution in [0.3, 0.4) is 0 Å². The molecule has 1 aromatic carbocycles. The average molecular weight is 379 g/mol. The number of para-hydroxylation sites is 1. The lowest BCUT2D eigenvalue weighted by molar-refractivity contribution is -0.152. The van der Waals surface area contributed by atoms with Crippen molar-refractivity contribution in [3.63, 3.8) is 0 Å². The van der Waals surface area contributed by atoms with E-state index < -0.39 is 11.4 Å². The lowest BCUT2D eigenvalue weighted by Crippen LogP contribution is -2.45. The Morgan fingerprint density at radius 2 is 2.04 bits per heavy atom. The van der Waals surface area contributed by atoms with E-state index in [4.69, 9.17) is 11.6 Å². The van der Waals surface area contributed by atoms with Crippen LogP contribution in [0.2, 0.25) is 0 Å². The van der Waals surface area contributed by atoms with Crippen molar-refractivity contribution in [3.05, 3.63) is 41.8 Å². The molecule has 140 valence electrons. The zero-order valence-electron chi connectivity index (χ0n) is 14.8. The molecule has 0 aliphatic carbocycles. The van der Waals surface area contributed by atoms with Crippen molar-refractivity contribution in [1.29, 1.82) is 0 Å². The Bertz CT molecular complexity index is 775. The van der Waals surface area contributed by atoms with Crippen LogP contribution < -0.4 is 0 Å². The van der Waals surface area contributed by atoms with E-state index in [-0.39, 0.29) is 5.82 Å². The van der Waals surface area contributed by atoms with Gasteiger partial charge in [0.25, 0.3) is 0 Å². The summed E-state index contributed by atoms with van der Waals surface area (Å²) in [5.74, 6) is -0.484. The van der Waals surface area contributed by atoms with Crippen LogP contribution in [0.4, 0.5) is 4.39 Å². The average Bonchev–Trinajstić information content (AvgIpc) is 2.65. The predicted octanol–water partition coefficient (Wildman–Crippen LogP) is 4.10. The van der Waals surface area contributed by atoms with Crippen molar-refractivity contribution >= 4 is 28.5 Å². The van der Waals surface area contributed by atoms with Crippen molar-refractivity contribution in [2.45, 2.75) is 32.1 Å². The molecule has 1 fully saturated rings. The first-order valence-corrected chi connectivity index (χ1v) is 9.63. The molecule has 4 nitrogen and oxygen atoms in total. The number of hydrogen-bond acceptors (Lipinski definition) is 3. The number of benzene rings is 1. The first-order chi connectivity index (χ1) is 12.6. The number of carboxylic acid groups (broad SMARTS) is 1. The van der Waals surface area contributed by atoms with Crippen LogP contribution in [-0.2, 0) is 11.2 Å². The molecule has 0 saturated carbocycles. The van der Waals surface area contributed by atoms with Gasteiger partial charge in [-0.15, -0.1) is 11.6 Å². The van der Waals surface area contributed by atoms with Crippen LogP contribution >= 0.6 is 11.6 Å². The summed E-state index contributed by atoms with van der Waals surface area (Å²) in [4.78, 5) is 18.3. The van der Waals surface area contributed by atoms with Crippen LogP contribution in [0.5, 0.6) is 0 Å². The molecule has 2 aromatic rings. The van der Waals surface area contributed by atoms with E-state index >= 15 is 0 Å². The Hall–Kier alpha value is -1.72. The molecule has 2 heterocycles. The maximum atomic E-state index is 14.3. The fourth-order valence-electron chi connectivity index (χ4n) is 3.93. The number of likely N-dealkylation sites (tertiary alicyclic amines) is 1. The fourth-order valence-corrected chi connectivity index (χ4v) is 4.17. The largest absolute Gasteiger partial charge is 0.481 e. The highest BCUT2D eigenvalue weighted by atomic mass is 35.5. The van der Waals surface area contributed by atoms with Crippen LogP contribution in [0, 0.1) is 11.2 Å². The number of nitrogens with zero attached hydrogens (tertiary/aromatic N) is 2. The summed E-state index contributed by atoms with van der Waals surface area (Å²) >= 11 is 5.78. The van der Waals surface area contributed by atoms with Gasteiger partial charge in [-0.2, -0.15) is 0 Å². The van der Waals surface area contributed by atoms with E-state index in [9.17, 15) is 14.3 Å². The highest BCUT2D eigenvalue weighted by Crippen LogP contribution is 2.37. The van der Waals surface area contributed by atoms with Gasteiger partial charge in [-0.3, -0.25) is 9.78 Å². The van der Waals surface area contributed by atoms with Gasteiger partial charge in [0.1, 0.15) is 5.82 Å². The van der Waals surface area contributed by atoms with Gasteiger partial charge in [0.15, 0.2) is 0 Å². The molecule has 6 heteroatoms. The second-order valence-electron chi connectivity index (χ2n) is 7.07. The molecule has 0 radical (unpaired) electrons. The van der Waals surface area contributed by atoms with Gasteiger partial charge in [-0.1, -0.05) is 18.2 Å². The number of carbonyl (C=O) groups is 1. The van der Waals surface area contributed by atoms with Crippen molar-refractivity contribution in [2.75, 3.05) is 25.5 Å².